The first-order valence-electron chi connectivity index (χ1n) is 1.51. The van der Waals surface area contributed by atoms with Crippen LogP contribution < -0.4 is 110 Å². The summed E-state index contributed by atoms with van der Waals surface area (Å²) in [5, 5.41) is 0. The van der Waals surface area contributed by atoms with Gasteiger partial charge in [0.15, 0.2) is 0 Å². The molecule has 0 bridgehead atoms. The van der Waals surface area contributed by atoms with Gasteiger partial charge < -0.3 is 40.1 Å². The fourth-order valence-corrected chi connectivity index (χ4v) is 0. The molecule has 0 saturated carbocycles. The van der Waals surface area contributed by atoms with E-state index in [0.29, 0.717) is 0 Å². The zero-order valence-corrected chi connectivity index (χ0v) is 15.8. The SMILES string of the molecule is N.O=P(O)(O)O.O=P([O-])([O-])[O-].[Na+].[Na+].[Na+]. The normalized spacial score (nSPS) is 8.43. The Kier molecular flexibility index (Phi) is 41.6. The van der Waals surface area contributed by atoms with Gasteiger partial charge in [-0.05, 0) is 0 Å². The third-order valence-electron chi connectivity index (χ3n) is 0. The summed E-state index contributed by atoms with van der Waals surface area (Å²) in [4.78, 5) is 47.2. The van der Waals surface area contributed by atoms with Gasteiger partial charge in [-0.1, -0.05) is 0 Å². The fourth-order valence-electron chi connectivity index (χ4n) is 0. The van der Waals surface area contributed by atoms with Crippen molar-refractivity contribution in [2.75, 3.05) is 0 Å². The second kappa shape index (κ2) is 16.2. The second-order valence-electron chi connectivity index (χ2n) is 0.960. The standard InChI is InChI=1S/H3N.3Na.2H3O4P/c;;;;2*1-5(2,3)4/h1H3;;;;2*(H3,1,2,3,4)/q;3*+1;;/p-3. The van der Waals surface area contributed by atoms with Crippen LogP contribution >= 0.6 is 15.6 Å². The van der Waals surface area contributed by atoms with Crippen LogP contribution in [-0.4, -0.2) is 14.7 Å². The summed E-state index contributed by atoms with van der Waals surface area (Å²) in [6.07, 6.45) is 0. The molecule has 0 rings (SSSR count). The van der Waals surface area contributed by atoms with Gasteiger partial charge in [0.25, 0.3) is 0 Å². The van der Waals surface area contributed by atoms with Crippen molar-refractivity contribution in [3.63, 3.8) is 0 Å². The molecule has 0 heterocycles. The molecule has 14 heteroatoms. The van der Waals surface area contributed by atoms with Crippen molar-refractivity contribution in [2.45, 2.75) is 0 Å². The van der Waals surface area contributed by atoms with E-state index in [-0.39, 0.29) is 94.8 Å². The average molecular weight is 279 g/mol. The fraction of sp³-hybridized carbons (Fsp3) is 0. The van der Waals surface area contributed by atoms with Gasteiger partial charge in [0.1, 0.15) is 0 Å². The van der Waals surface area contributed by atoms with Crippen LogP contribution in [-0.2, 0) is 9.13 Å². The molecule has 0 aliphatic heterocycles. The molecule has 0 saturated heterocycles. The maximum absolute atomic E-state index is 8.88. The van der Waals surface area contributed by atoms with Crippen molar-refractivity contribution in [3.8, 4) is 0 Å². The third kappa shape index (κ3) is 302. The molecule has 9 nitrogen and oxygen atoms in total. The van der Waals surface area contributed by atoms with E-state index in [1.165, 1.54) is 0 Å². The molecular weight excluding hydrogens is 273 g/mol. The van der Waals surface area contributed by atoms with Crippen molar-refractivity contribution in [1.82, 2.24) is 6.15 Å². The van der Waals surface area contributed by atoms with Gasteiger partial charge in [-0.25, -0.2) is 4.57 Å². The first kappa shape index (κ1) is 36.0. The Balaban J connectivity index is -0.0000000178. The van der Waals surface area contributed by atoms with Crippen LogP contribution in [0.5, 0.6) is 0 Å². The zero-order valence-electron chi connectivity index (χ0n) is 7.98. The molecule has 0 amide bonds. The minimum absolute atomic E-state index is 0. The number of hydrogen-bond donors (Lipinski definition) is 4. The Morgan fingerprint density at radius 3 is 0.786 bits per heavy atom. The molecule has 0 aromatic heterocycles. The summed E-state index contributed by atoms with van der Waals surface area (Å²) in [6.45, 7) is 0. The first-order valence-corrected chi connectivity index (χ1v) is 4.54. The van der Waals surface area contributed by atoms with Crippen molar-refractivity contribution in [2.24, 2.45) is 0 Å². The second-order valence-corrected chi connectivity index (χ2v) is 2.88. The molecule has 6 N–H and O–H groups in total. The molecule has 0 fully saturated rings. The zero-order chi connectivity index (χ0) is 9.00. The van der Waals surface area contributed by atoms with Crippen molar-refractivity contribution in [1.29, 1.82) is 0 Å². The van der Waals surface area contributed by atoms with E-state index in [9.17, 15) is 0 Å². The van der Waals surface area contributed by atoms with Gasteiger partial charge in [0.2, 0.25) is 0 Å². The van der Waals surface area contributed by atoms with E-state index in [1.54, 1.807) is 0 Å². The van der Waals surface area contributed by atoms with Gasteiger partial charge in [-0.15, -0.1) is 0 Å². The molecule has 0 aliphatic carbocycles. The summed E-state index contributed by atoms with van der Waals surface area (Å²) in [7, 11) is -10.0. The molecule has 0 unspecified atom stereocenters. The van der Waals surface area contributed by atoms with Crippen LogP contribution in [0.3, 0.4) is 0 Å². The summed E-state index contributed by atoms with van der Waals surface area (Å²) in [6, 6.07) is 0. The Hall–Kier alpha value is 3.18. The van der Waals surface area contributed by atoms with E-state index in [4.69, 9.17) is 38.5 Å². The van der Waals surface area contributed by atoms with Gasteiger partial charge in [0.05, 0.1) is 0 Å². The predicted molar refractivity (Wildman–Crippen MR) is 26.9 cm³/mol. The van der Waals surface area contributed by atoms with Crippen molar-refractivity contribution in [3.05, 3.63) is 0 Å². The monoisotopic (exact) mass is 279 g/mol. The molecule has 0 spiro atoms. The van der Waals surface area contributed by atoms with Crippen LogP contribution in [0.15, 0.2) is 0 Å². The Labute approximate surface area is 147 Å². The van der Waals surface area contributed by atoms with E-state index >= 15 is 0 Å². The van der Waals surface area contributed by atoms with Crippen molar-refractivity contribution >= 4 is 15.6 Å². The summed E-state index contributed by atoms with van der Waals surface area (Å²) in [5.74, 6) is 0. The smallest absolute Gasteiger partial charge is 0.822 e. The largest absolute Gasteiger partial charge is 1.00 e. The van der Waals surface area contributed by atoms with Crippen LogP contribution in [0.4, 0.5) is 0 Å². The van der Waals surface area contributed by atoms with Crippen molar-refractivity contribution < 1.29 is 127 Å². The van der Waals surface area contributed by atoms with Gasteiger partial charge >= 0.3 is 96.5 Å². The molecule has 0 aromatic carbocycles. The topological polar surface area (TPSA) is 199 Å². The van der Waals surface area contributed by atoms with Gasteiger partial charge in [-0.3, -0.25) is 0 Å². The summed E-state index contributed by atoms with van der Waals surface area (Å²) in [5.41, 5.74) is 0. The van der Waals surface area contributed by atoms with E-state index in [0.717, 1.165) is 0 Å². The Bertz CT molecular complexity index is 135. The molecule has 0 aliphatic rings. The molecular formula is H6NNa3O8P2. The quantitative estimate of drug-likeness (QED) is 0.245. The third-order valence-corrected chi connectivity index (χ3v) is 0. The van der Waals surface area contributed by atoms with E-state index in [1.807, 2.05) is 0 Å². The van der Waals surface area contributed by atoms with E-state index < -0.39 is 15.6 Å². The summed E-state index contributed by atoms with van der Waals surface area (Å²) < 4.78 is 17.4. The molecule has 72 valence electrons. The number of rotatable bonds is 0. The average Bonchev–Trinajstić information content (AvgIpc) is 1.12. The number of hydrogen-bond acceptors (Lipinski definition) is 6. The summed E-state index contributed by atoms with van der Waals surface area (Å²) >= 11 is 0. The first-order chi connectivity index (χ1) is 4.00. The molecule has 14 heavy (non-hydrogen) atoms. The minimum Gasteiger partial charge on any atom is -0.822 e. The number of phosphoric acid groups is 2. The maximum Gasteiger partial charge on any atom is 1.00 e. The van der Waals surface area contributed by atoms with Gasteiger partial charge in [-0.2, -0.15) is 7.82 Å². The van der Waals surface area contributed by atoms with Crippen LogP contribution in [0, 0.1) is 0 Å². The van der Waals surface area contributed by atoms with Gasteiger partial charge in [0, 0.05) is 0 Å². The Morgan fingerprint density at radius 2 is 0.786 bits per heavy atom. The molecule has 0 radical (unpaired) electrons. The molecule has 0 atom stereocenters. The van der Waals surface area contributed by atoms with Crippen LogP contribution in [0.1, 0.15) is 0 Å². The minimum atomic E-state index is -5.39. The van der Waals surface area contributed by atoms with E-state index in [2.05, 4.69) is 0 Å². The van der Waals surface area contributed by atoms with Crippen LogP contribution in [0.2, 0.25) is 0 Å². The van der Waals surface area contributed by atoms with Crippen LogP contribution in [0.25, 0.3) is 0 Å². The Morgan fingerprint density at radius 1 is 0.786 bits per heavy atom. The predicted octanol–water partition coefficient (Wildman–Crippen LogP) is -12.6. The maximum atomic E-state index is 8.88. The molecule has 0 aromatic rings.